The van der Waals surface area contributed by atoms with Crippen LogP contribution in [0.25, 0.3) is 0 Å². The Morgan fingerprint density at radius 2 is 1.83 bits per heavy atom. The highest BCUT2D eigenvalue weighted by Gasteiger charge is 2.28. The number of hydrogen-bond acceptors (Lipinski definition) is 4. The molecule has 0 aromatic heterocycles. The van der Waals surface area contributed by atoms with Crippen molar-refractivity contribution in [2.24, 2.45) is 0 Å². The van der Waals surface area contributed by atoms with Gasteiger partial charge in [-0.2, -0.15) is 0 Å². The molecule has 2 aromatic rings. The molecule has 0 amide bonds. The number of ether oxygens (including phenoxy) is 2. The lowest BCUT2D eigenvalue weighted by molar-refractivity contribution is 0.0146. The Kier molecular flexibility index (Phi) is 5.39. The van der Waals surface area contributed by atoms with Crippen LogP contribution >= 0.6 is 11.6 Å². The largest absolute Gasteiger partial charge is 0.491 e. The molecular formula is C18H20ClNO3. The summed E-state index contributed by atoms with van der Waals surface area (Å²) in [6.07, 6.45) is 0.196. The zero-order chi connectivity index (χ0) is 16.1. The second-order valence-corrected chi connectivity index (χ2v) is 5.99. The minimum atomic E-state index is 0.0301. The van der Waals surface area contributed by atoms with E-state index in [0.717, 1.165) is 31.1 Å². The van der Waals surface area contributed by atoms with E-state index in [1.165, 1.54) is 5.56 Å². The highest BCUT2D eigenvalue weighted by molar-refractivity contribution is 6.32. The minimum absolute atomic E-state index is 0.0301. The predicted octanol–water partition coefficient (Wildman–Crippen LogP) is 2.97. The lowest BCUT2D eigenvalue weighted by Crippen LogP contribution is -2.53. The first-order valence-electron chi connectivity index (χ1n) is 7.71. The minimum Gasteiger partial charge on any atom is -0.491 e. The summed E-state index contributed by atoms with van der Waals surface area (Å²) in [5.41, 5.74) is 1.23. The van der Waals surface area contributed by atoms with Gasteiger partial charge in [0, 0.05) is 19.6 Å². The van der Waals surface area contributed by atoms with E-state index in [9.17, 15) is 0 Å². The lowest BCUT2D eigenvalue weighted by Gasteiger charge is -2.39. The quantitative estimate of drug-likeness (QED) is 0.846. The van der Waals surface area contributed by atoms with E-state index in [1.807, 2.05) is 36.4 Å². The number of aliphatic hydroxyl groups excluding tert-OH is 1. The zero-order valence-electron chi connectivity index (χ0n) is 12.8. The maximum Gasteiger partial charge on any atom is 0.138 e. The molecule has 1 heterocycles. The Morgan fingerprint density at radius 3 is 2.52 bits per heavy atom. The van der Waals surface area contributed by atoms with E-state index in [-0.39, 0.29) is 12.7 Å². The van der Waals surface area contributed by atoms with Crippen molar-refractivity contribution in [2.75, 3.05) is 26.3 Å². The van der Waals surface area contributed by atoms with Gasteiger partial charge < -0.3 is 14.6 Å². The van der Waals surface area contributed by atoms with E-state index >= 15 is 0 Å². The van der Waals surface area contributed by atoms with Crippen molar-refractivity contribution in [1.82, 2.24) is 4.90 Å². The molecule has 0 unspecified atom stereocenters. The van der Waals surface area contributed by atoms with Gasteiger partial charge >= 0.3 is 0 Å². The first-order valence-corrected chi connectivity index (χ1v) is 8.08. The monoisotopic (exact) mass is 333 g/mol. The number of halogens is 1. The fourth-order valence-electron chi connectivity index (χ4n) is 2.56. The van der Waals surface area contributed by atoms with Crippen molar-refractivity contribution < 1.29 is 14.6 Å². The van der Waals surface area contributed by atoms with Gasteiger partial charge in [0.2, 0.25) is 0 Å². The van der Waals surface area contributed by atoms with E-state index < -0.39 is 0 Å². The molecule has 0 radical (unpaired) electrons. The molecule has 1 aliphatic rings. The standard InChI is InChI=1S/C18H20ClNO3/c19-17-3-1-2-4-18(17)23-16-12-20(13-16)11-14-5-7-15(8-6-14)22-10-9-21/h1-8,16,21H,9-13H2. The third-order valence-corrected chi connectivity index (χ3v) is 4.06. The average molecular weight is 334 g/mol. The molecule has 122 valence electrons. The Balaban J connectivity index is 1.44. The molecule has 1 fully saturated rings. The van der Waals surface area contributed by atoms with Gasteiger partial charge in [-0.1, -0.05) is 35.9 Å². The van der Waals surface area contributed by atoms with E-state index in [1.54, 1.807) is 0 Å². The van der Waals surface area contributed by atoms with Crippen LogP contribution in [0.1, 0.15) is 5.56 Å². The first kappa shape index (κ1) is 16.1. The third-order valence-electron chi connectivity index (χ3n) is 3.74. The topological polar surface area (TPSA) is 41.9 Å². The highest BCUT2D eigenvalue weighted by atomic mass is 35.5. The fraction of sp³-hybridized carbons (Fsp3) is 0.333. The van der Waals surface area contributed by atoms with Crippen molar-refractivity contribution in [2.45, 2.75) is 12.6 Å². The first-order chi connectivity index (χ1) is 11.2. The van der Waals surface area contributed by atoms with Gasteiger partial charge in [0.1, 0.15) is 24.2 Å². The van der Waals surface area contributed by atoms with Crippen LogP contribution in [0.2, 0.25) is 5.02 Å². The zero-order valence-corrected chi connectivity index (χ0v) is 13.6. The van der Waals surface area contributed by atoms with Crippen LogP contribution in [0.4, 0.5) is 0 Å². The highest BCUT2D eigenvalue weighted by Crippen LogP contribution is 2.27. The number of rotatable bonds is 7. The summed E-state index contributed by atoms with van der Waals surface area (Å²) in [4.78, 5) is 2.32. The lowest BCUT2D eigenvalue weighted by atomic mass is 10.1. The SMILES string of the molecule is OCCOc1ccc(CN2CC(Oc3ccccc3Cl)C2)cc1. The van der Waals surface area contributed by atoms with Crippen molar-refractivity contribution in [3.63, 3.8) is 0 Å². The summed E-state index contributed by atoms with van der Waals surface area (Å²) in [5.74, 6) is 1.54. The Bertz CT molecular complexity index is 626. The van der Waals surface area contributed by atoms with Gasteiger partial charge in [0.15, 0.2) is 0 Å². The maximum absolute atomic E-state index is 8.74. The van der Waals surface area contributed by atoms with Crippen LogP contribution < -0.4 is 9.47 Å². The molecule has 0 saturated carbocycles. The molecule has 0 atom stereocenters. The van der Waals surface area contributed by atoms with Crippen LogP contribution in [-0.4, -0.2) is 42.4 Å². The number of hydrogen-bond donors (Lipinski definition) is 1. The summed E-state index contributed by atoms with van der Waals surface area (Å²) < 4.78 is 11.2. The molecule has 23 heavy (non-hydrogen) atoms. The number of benzene rings is 2. The van der Waals surface area contributed by atoms with Gasteiger partial charge in [0.05, 0.1) is 11.6 Å². The molecule has 1 N–H and O–H groups in total. The van der Waals surface area contributed by atoms with Crippen molar-refractivity contribution in [1.29, 1.82) is 0 Å². The Labute approximate surface area is 141 Å². The molecule has 0 aliphatic carbocycles. The molecular weight excluding hydrogens is 314 g/mol. The number of nitrogens with zero attached hydrogens (tertiary/aromatic N) is 1. The number of para-hydroxylation sites is 1. The van der Waals surface area contributed by atoms with Gasteiger partial charge in [0.25, 0.3) is 0 Å². The summed E-state index contributed by atoms with van der Waals surface area (Å²) in [5, 5.41) is 9.39. The Morgan fingerprint density at radius 1 is 1.09 bits per heavy atom. The van der Waals surface area contributed by atoms with Crippen LogP contribution in [0.5, 0.6) is 11.5 Å². The average Bonchev–Trinajstić information content (AvgIpc) is 2.54. The molecule has 2 aromatic carbocycles. The van der Waals surface area contributed by atoms with Crippen LogP contribution in [0.3, 0.4) is 0 Å². The molecule has 1 aliphatic heterocycles. The smallest absolute Gasteiger partial charge is 0.138 e. The molecule has 4 nitrogen and oxygen atoms in total. The van der Waals surface area contributed by atoms with Crippen LogP contribution in [0.15, 0.2) is 48.5 Å². The van der Waals surface area contributed by atoms with Crippen molar-refractivity contribution in [3.05, 3.63) is 59.1 Å². The maximum atomic E-state index is 8.74. The van der Waals surface area contributed by atoms with Crippen molar-refractivity contribution in [3.8, 4) is 11.5 Å². The van der Waals surface area contributed by atoms with Gasteiger partial charge in [-0.15, -0.1) is 0 Å². The summed E-state index contributed by atoms with van der Waals surface area (Å²) in [6, 6.07) is 15.5. The van der Waals surface area contributed by atoms with Gasteiger partial charge in [-0.05, 0) is 29.8 Å². The van der Waals surface area contributed by atoms with Crippen LogP contribution in [0, 0.1) is 0 Å². The summed E-state index contributed by atoms with van der Waals surface area (Å²) >= 11 is 6.10. The normalized spacial score (nSPS) is 15.2. The molecule has 0 spiro atoms. The second-order valence-electron chi connectivity index (χ2n) is 5.58. The fourth-order valence-corrected chi connectivity index (χ4v) is 2.74. The Hall–Kier alpha value is -1.75. The van der Waals surface area contributed by atoms with E-state index in [4.69, 9.17) is 26.2 Å². The van der Waals surface area contributed by atoms with Crippen LogP contribution in [-0.2, 0) is 6.54 Å². The number of likely N-dealkylation sites (tertiary alicyclic amines) is 1. The summed E-state index contributed by atoms with van der Waals surface area (Å²) in [7, 11) is 0. The van der Waals surface area contributed by atoms with E-state index in [2.05, 4.69) is 17.0 Å². The molecule has 1 saturated heterocycles. The predicted molar refractivity (Wildman–Crippen MR) is 90.2 cm³/mol. The number of aliphatic hydroxyl groups is 1. The van der Waals surface area contributed by atoms with Gasteiger partial charge in [-0.3, -0.25) is 4.90 Å². The third kappa shape index (κ3) is 4.38. The van der Waals surface area contributed by atoms with Gasteiger partial charge in [-0.25, -0.2) is 0 Å². The second kappa shape index (κ2) is 7.68. The summed E-state index contributed by atoms with van der Waals surface area (Å²) in [6.45, 7) is 3.04. The molecule has 3 rings (SSSR count). The molecule has 5 heteroatoms. The van der Waals surface area contributed by atoms with E-state index in [0.29, 0.717) is 11.6 Å². The van der Waals surface area contributed by atoms with Crippen molar-refractivity contribution >= 4 is 11.6 Å². The molecule has 0 bridgehead atoms.